The van der Waals surface area contributed by atoms with E-state index >= 15 is 0 Å². The van der Waals surface area contributed by atoms with E-state index in [-0.39, 0.29) is 11.0 Å². The molecule has 2 aromatic carbocycles. The molecule has 1 N–H and O–H groups in total. The average molecular weight is 306 g/mol. The number of halogens is 3. The van der Waals surface area contributed by atoms with Crippen molar-refractivity contribution in [2.45, 2.75) is 0 Å². The van der Waals surface area contributed by atoms with Crippen LogP contribution in [0.1, 0.15) is 0 Å². The highest BCUT2D eigenvalue weighted by atomic mass is 35.5. The van der Waals surface area contributed by atoms with E-state index in [9.17, 15) is 8.78 Å². The van der Waals surface area contributed by atoms with Gasteiger partial charge in [-0.25, -0.2) is 18.7 Å². The van der Waals surface area contributed by atoms with Gasteiger partial charge in [-0.05, 0) is 18.2 Å². The zero-order valence-corrected chi connectivity index (χ0v) is 11.7. The molecule has 1 heterocycles. The lowest BCUT2D eigenvalue weighted by Gasteiger charge is -2.11. The van der Waals surface area contributed by atoms with Gasteiger partial charge in [0, 0.05) is 12.6 Å². The van der Waals surface area contributed by atoms with E-state index in [0.717, 1.165) is 6.07 Å². The summed E-state index contributed by atoms with van der Waals surface area (Å²) >= 11 is 6.15. The second-order valence-corrected chi connectivity index (χ2v) is 4.79. The van der Waals surface area contributed by atoms with Crippen molar-refractivity contribution in [2.75, 3.05) is 12.4 Å². The first-order chi connectivity index (χ1) is 10.1. The molecule has 106 valence electrons. The Morgan fingerprint density at radius 3 is 2.52 bits per heavy atom. The molecule has 21 heavy (non-hydrogen) atoms. The zero-order valence-electron chi connectivity index (χ0n) is 11.0. The molecule has 3 aromatic rings. The highest BCUT2D eigenvalue weighted by molar-refractivity contribution is 6.33. The molecule has 0 radical (unpaired) electrons. The van der Waals surface area contributed by atoms with Crippen molar-refractivity contribution in [3.63, 3.8) is 0 Å². The quantitative estimate of drug-likeness (QED) is 0.768. The van der Waals surface area contributed by atoms with Crippen LogP contribution in [0, 0.1) is 11.6 Å². The van der Waals surface area contributed by atoms with Crippen molar-refractivity contribution in [1.82, 2.24) is 9.97 Å². The average Bonchev–Trinajstić information content (AvgIpc) is 2.50. The molecular formula is C15H10ClF2N3. The monoisotopic (exact) mass is 305 g/mol. The standard InChI is InChI=1S/C15H10ClF2N3/c1-19-15-13(8-4-2-3-5-9(8)16)21-14-11(20-15)7-6-10(17)12(14)18/h2-7H,1H3,(H,19,20). The highest BCUT2D eigenvalue weighted by Crippen LogP contribution is 2.32. The number of anilines is 1. The second kappa shape index (κ2) is 5.26. The van der Waals surface area contributed by atoms with Gasteiger partial charge in [0.2, 0.25) is 0 Å². The number of hydrogen-bond donors (Lipinski definition) is 1. The third kappa shape index (κ3) is 2.29. The molecule has 0 unspecified atom stereocenters. The molecule has 0 bridgehead atoms. The third-order valence-corrected chi connectivity index (χ3v) is 3.42. The van der Waals surface area contributed by atoms with Gasteiger partial charge in [0.25, 0.3) is 0 Å². The predicted octanol–water partition coefficient (Wildman–Crippen LogP) is 4.27. The third-order valence-electron chi connectivity index (χ3n) is 3.09. The first kappa shape index (κ1) is 13.7. The summed E-state index contributed by atoms with van der Waals surface area (Å²) in [6, 6.07) is 9.42. The van der Waals surface area contributed by atoms with Gasteiger partial charge in [-0.2, -0.15) is 0 Å². The van der Waals surface area contributed by atoms with Crippen LogP contribution < -0.4 is 5.32 Å². The molecule has 0 spiro atoms. The number of benzene rings is 2. The first-order valence-electron chi connectivity index (χ1n) is 6.20. The van der Waals surface area contributed by atoms with Crippen molar-refractivity contribution < 1.29 is 8.78 Å². The van der Waals surface area contributed by atoms with E-state index in [4.69, 9.17) is 11.6 Å². The Labute approximate surface area is 124 Å². The van der Waals surface area contributed by atoms with E-state index in [2.05, 4.69) is 15.3 Å². The number of aromatic nitrogens is 2. The summed E-state index contributed by atoms with van der Waals surface area (Å²) in [7, 11) is 1.68. The molecule has 0 atom stereocenters. The minimum atomic E-state index is -1.02. The van der Waals surface area contributed by atoms with Crippen molar-refractivity contribution in [3.05, 3.63) is 53.1 Å². The Hall–Kier alpha value is -2.27. The fraction of sp³-hybridized carbons (Fsp3) is 0.0667. The van der Waals surface area contributed by atoms with E-state index in [1.54, 1.807) is 31.3 Å². The molecular weight excluding hydrogens is 296 g/mol. The summed E-state index contributed by atoms with van der Waals surface area (Å²) in [5.41, 5.74) is 1.12. The van der Waals surface area contributed by atoms with Gasteiger partial charge in [-0.15, -0.1) is 0 Å². The van der Waals surface area contributed by atoms with Crippen molar-refractivity contribution in [2.24, 2.45) is 0 Å². The van der Waals surface area contributed by atoms with Crippen molar-refractivity contribution in [1.29, 1.82) is 0 Å². The lowest BCUT2D eigenvalue weighted by molar-refractivity contribution is 0.515. The van der Waals surface area contributed by atoms with Crippen LogP contribution in [0.5, 0.6) is 0 Å². The van der Waals surface area contributed by atoms with Gasteiger partial charge in [-0.1, -0.05) is 29.8 Å². The van der Waals surface area contributed by atoms with Crippen LogP contribution in [0.2, 0.25) is 5.02 Å². The molecule has 0 saturated carbocycles. The van der Waals surface area contributed by atoms with Gasteiger partial charge >= 0.3 is 0 Å². The molecule has 1 aromatic heterocycles. The molecule has 0 saturated heterocycles. The summed E-state index contributed by atoms with van der Waals surface area (Å²) in [6.45, 7) is 0. The van der Waals surface area contributed by atoms with Gasteiger partial charge < -0.3 is 5.32 Å². The van der Waals surface area contributed by atoms with E-state index in [1.165, 1.54) is 6.07 Å². The summed E-state index contributed by atoms with van der Waals surface area (Å²) in [4.78, 5) is 8.49. The number of hydrogen-bond acceptors (Lipinski definition) is 3. The SMILES string of the molecule is CNc1nc2ccc(F)c(F)c2nc1-c1ccccc1Cl. The summed E-state index contributed by atoms with van der Waals surface area (Å²) in [5, 5.41) is 3.36. The first-order valence-corrected chi connectivity index (χ1v) is 6.58. The maximum atomic E-state index is 13.9. The summed E-state index contributed by atoms with van der Waals surface area (Å²) in [5.74, 6) is -1.53. The number of fused-ring (bicyclic) bond motifs is 1. The number of rotatable bonds is 2. The normalized spacial score (nSPS) is 10.9. The fourth-order valence-corrected chi connectivity index (χ4v) is 2.31. The Kier molecular flexibility index (Phi) is 3.43. The molecule has 3 rings (SSSR count). The van der Waals surface area contributed by atoms with Crippen LogP contribution in [0.15, 0.2) is 36.4 Å². The van der Waals surface area contributed by atoms with Crippen LogP contribution >= 0.6 is 11.6 Å². The van der Waals surface area contributed by atoms with Crippen molar-refractivity contribution >= 4 is 28.5 Å². The topological polar surface area (TPSA) is 37.8 Å². The van der Waals surface area contributed by atoms with Crippen LogP contribution in [0.3, 0.4) is 0 Å². The second-order valence-electron chi connectivity index (χ2n) is 4.38. The van der Waals surface area contributed by atoms with Crippen LogP contribution in [-0.4, -0.2) is 17.0 Å². The van der Waals surface area contributed by atoms with Crippen LogP contribution in [0.4, 0.5) is 14.6 Å². The molecule has 3 nitrogen and oxygen atoms in total. The largest absolute Gasteiger partial charge is 0.371 e. The lowest BCUT2D eigenvalue weighted by Crippen LogP contribution is -2.01. The Morgan fingerprint density at radius 2 is 1.81 bits per heavy atom. The summed E-state index contributed by atoms with van der Waals surface area (Å²) < 4.78 is 27.3. The van der Waals surface area contributed by atoms with E-state index < -0.39 is 11.6 Å². The highest BCUT2D eigenvalue weighted by Gasteiger charge is 2.16. The lowest BCUT2D eigenvalue weighted by atomic mass is 10.1. The minimum Gasteiger partial charge on any atom is -0.371 e. The van der Waals surface area contributed by atoms with E-state index in [1.807, 2.05) is 0 Å². The van der Waals surface area contributed by atoms with Crippen molar-refractivity contribution in [3.8, 4) is 11.3 Å². The smallest absolute Gasteiger partial charge is 0.186 e. The number of nitrogens with zero attached hydrogens (tertiary/aromatic N) is 2. The van der Waals surface area contributed by atoms with Gasteiger partial charge in [-0.3, -0.25) is 0 Å². The molecule has 0 aliphatic carbocycles. The number of nitrogens with one attached hydrogen (secondary N) is 1. The molecule has 0 amide bonds. The Balaban J connectivity index is 2.36. The molecule has 0 aliphatic heterocycles. The Bertz CT molecular complexity index is 837. The minimum absolute atomic E-state index is 0.121. The molecule has 0 fully saturated rings. The van der Waals surface area contributed by atoms with Crippen LogP contribution in [-0.2, 0) is 0 Å². The van der Waals surface area contributed by atoms with Gasteiger partial charge in [0.15, 0.2) is 17.5 Å². The predicted molar refractivity (Wildman–Crippen MR) is 79.4 cm³/mol. The van der Waals surface area contributed by atoms with E-state index in [0.29, 0.717) is 22.1 Å². The zero-order chi connectivity index (χ0) is 15.0. The summed E-state index contributed by atoms with van der Waals surface area (Å²) in [6.07, 6.45) is 0. The van der Waals surface area contributed by atoms with Crippen LogP contribution in [0.25, 0.3) is 22.3 Å². The maximum Gasteiger partial charge on any atom is 0.186 e. The maximum absolute atomic E-state index is 13.9. The van der Waals surface area contributed by atoms with Gasteiger partial charge in [0.1, 0.15) is 11.2 Å². The molecule has 6 heteroatoms. The fourth-order valence-electron chi connectivity index (χ4n) is 2.08. The Morgan fingerprint density at radius 1 is 1.05 bits per heavy atom. The molecule has 0 aliphatic rings. The van der Waals surface area contributed by atoms with Gasteiger partial charge in [0.05, 0.1) is 10.5 Å².